The zero-order valence-corrected chi connectivity index (χ0v) is 10.2. The van der Waals surface area contributed by atoms with Gasteiger partial charge < -0.3 is 14.4 Å². The highest BCUT2D eigenvalue weighted by atomic mass is 16.5. The van der Waals surface area contributed by atoms with Gasteiger partial charge in [-0.2, -0.15) is 4.98 Å². The maximum Gasteiger partial charge on any atom is 0.227 e. The van der Waals surface area contributed by atoms with Crippen LogP contribution in [0.3, 0.4) is 0 Å². The predicted octanol–water partition coefficient (Wildman–Crippen LogP) is 0.927. The highest BCUT2D eigenvalue weighted by Gasteiger charge is 2.03. The SMILES string of the molecule is CCn1cncc1CNCCc1nc(C)no1. The number of aryl methyl sites for hydroxylation is 2. The summed E-state index contributed by atoms with van der Waals surface area (Å²) in [5, 5.41) is 7.08. The van der Waals surface area contributed by atoms with Crippen LogP contribution in [0.25, 0.3) is 0 Å². The first-order valence-electron chi connectivity index (χ1n) is 5.78. The van der Waals surface area contributed by atoms with Crippen molar-refractivity contribution in [2.75, 3.05) is 6.54 Å². The van der Waals surface area contributed by atoms with Crippen molar-refractivity contribution in [2.24, 2.45) is 0 Å². The summed E-state index contributed by atoms with van der Waals surface area (Å²) in [6, 6.07) is 0. The van der Waals surface area contributed by atoms with E-state index in [0.29, 0.717) is 11.7 Å². The molecule has 0 unspecified atom stereocenters. The maximum atomic E-state index is 5.03. The van der Waals surface area contributed by atoms with Gasteiger partial charge >= 0.3 is 0 Å². The first-order chi connectivity index (χ1) is 8.29. The Balaban J connectivity index is 1.73. The Morgan fingerprint density at radius 2 is 2.35 bits per heavy atom. The van der Waals surface area contributed by atoms with E-state index in [-0.39, 0.29) is 0 Å². The molecule has 0 saturated carbocycles. The zero-order valence-electron chi connectivity index (χ0n) is 10.2. The van der Waals surface area contributed by atoms with Gasteiger partial charge in [0.05, 0.1) is 12.0 Å². The van der Waals surface area contributed by atoms with Gasteiger partial charge in [-0.3, -0.25) is 0 Å². The van der Waals surface area contributed by atoms with Gasteiger partial charge in [0, 0.05) is 32.3 Å². The molecule has 0 amide bonds. The minimum absolute atomic E-state index is 0.680. The van der Waals surface area contributed by atoms with Gasteiger partial charge in [0.2, 0.25) is 5.89 Å². The number of nitrogens with zero attached hydrogens (tertiary/aromatic N) is 4. The molecule has 0 spiro atoms. The largest absolute Gasteiger partial charge is 0.339 e. The molecule has 0 saturated heterocycles. The molecule has 0 aromatic carbocycles. The second-order valence-electron chi connectivity index (χ2n) is 3.83. The molecule has 6 heteroatoms. The molecule has 17 heavy (non-hydrogen) atoms. The molecule has 0 aliphatic rings. The highest BCUT2D eigenvalue weighted by molar-refractivity contribution is 4.97. The Kier molecular flexibility index (Phi) is 3.87. The normalized spacial score (nSPS) is 10.9. The summed E-state index contributed by atoms with van der Waals surface area (Å²) in [5.74, 6) is 1.36. The first-order valence-corrected chi connectivity index (χ1v) is 5.78. The Bertz CT molecular complexity index is 462. The van der Waals surface area contributed by atoms with Crippen molar-refractivity contribution in [1.82, 2.24) is 25.0 Å². The van der Waals surface area contributed by atoms with Crippen molar-refractivity contribution in [3.63, 3.8) is 0 Å². The molecule has 92 valence electrons. The monoisotopic (exact) mass is 235 g/mol. The predicted molar refractivity (Wildman–Crippen MR) is 62.3 cm³/mol. The van der Waals surface area contributed by atoms with Crippen molar-refractivity contribution in [3.8, 4) is 0 Å². The lowest BCUT2D eigenvalue weighted by Crippen LogP contribution is -2.18. The molecule has 0 fully saturated rings. The number of hydrogen-bond donors (Lipinski definition) is 1. The third-order valence-corrected chi connectivity index (χ3v) is 2.53. The molecule has 6 nitrogen and oxygen atoms in total. The van der Waals surface area contributed by atoms with Gasteiger partial charge in [-0.05, 0) is 13.8 Å². The third kappa shape index (κ3) is 3.13. The van der Waals surface area contributed by atoms with Crippen LogP contribution in [0.2, 0.25) is 0 Å². The molecule has 0 bridgehead atoms. The Labute approximate surface area is 100 Å². The van der Waals surface area contributed by atoms with Crippen LogP contribution in [0.5, 0.6) is 0 Å². The van der Waals surface area contributed by atoms with E-state index >= 15 is 0 Å². The van der Waals surface area contributed by atoms with E-state index in [2.05, 4.69) is 31.9 Å². The van der Waals surface area contributed by atoms with Crippen LogP contribution in [-0.2, 0) is 19.5 Å². The van der Waals surface area contributed by atoms with Crippen molar-refractivity contribution in [2.45, 2.75) is 33.4 Å². The molecular formula is C11H17N5O. The van der Waals surface area contributed by atoms with Gasteiger partial charge in [-0.1, -0.05) is 5.16 Å². The summed E-state index contributed by atoms with van der Waals surface area (Å²) in [4.78, 5) is 8.26. The van der Waals surface area contributed by atoms with Gasteiger partial charge in [-0.15, -0.1) is 0 Å². The summed E-state index contributed by atoms with van der Waals surface area (Å²) in [6.07, 6.45) is 4.48. The molecular weight excluding hydrogens is 218 g/mol. The lowest BCUT2D eigenvalue weighted by molar-refractivity contribution is 0.372. The van der Waals surface area contributed by atoms with E-state index in [9.17, 15) is 0 Å². The molecule has 0 radical (unpaired) electrons. The highest BCUT2D eigenvalue weighted by Crippen LogP contribution is 1.99. The smallest absolute Gasteiger partial charge is 0.227 e. The molecule has 2 rings (SSSR count). The van der Waals surface area contributed by atoms with Crippen LogP contribution in [0.4, 0.5) is 0 Å². The van der Waals surface area contributed by atoms with Gasteiger partial charge in [0.1, 0.15) is 0 Å². The van der Waals surface area contributed by atoms with Crippen LogP contribution in [0, 0.1) is 6.92 Å². The van der Waals surface area contributed by atoms with Crippen LogP contribution in [0.1, 0.15) is 24.3 Å². The fourth-order valence-electron chi connectivity index (χ4n) is 1.63. The average molecular weight is 235 g/mol. The van der Waals surface area contributed by atoms with Crippen molar-refractivity contribution >= 4 is 0 Å². The van der Waals surface area contributed by atoms with Gasteiger partial charge in [0.15, 0.2) is 5.82 Å². The van der Waals surface area contributed by atoms with E-state index in [1.165, 1.54) is 5.69 Å². The van der Waals surface area contributed by atoms with Gasteiger partial charge in [0.25, 0.3) is 0 Å². The Morgan fingerprint density at radius 1 is 1.47 bits per heavy atom. The number of nitrogens with one attached hydrogen (secondary N) is 1. The lowest BCUT2D eigenvalue weighted by atomic mass is 10.4. The second kappa shape index (κ2) is 5.58. The fourth-order valence-corrected chi connectivity index (χ4v) is 1.63. The maximum absolute atomic E-state index is 5.03. The average Bonchev–Trinajstić information content (AvgIpc) is 2.93. The topological polar surface area (TPSA) is 68.8 Å². The quantitative estimate of drug-likeness (QED) is 0.754. The van der Waals surface area contributed by atoms with Crippen molar-refractivity contribution in [1.29, 1.82) is 0 Å². The third-order valence-electron chi connectivity index (χ3n) is 2.53. The van der Waals surface area contributed by atoms with Gasteiger partial charge in [-0.25, -0.2) is 4.98 Å². The molecule has 2 aromatic heterocycles. The summed E-state index contributed by atoms with van der Waals surface area (Å²) in [6.45, 7) is 6.49. The van der Waals surface area contributed by atoms with E-state index in [0.717, 1.165) is 26.1 Å². The van der Waals surface area contributed by atoms with E-state index in [1.807, 2.05) is 19.4 Å². The van der Waals surface area contributed by atoms with Crippen LogP contribution in [0.15, 0.2) is 17.0 Å². The molecule has 0 aliphatic carbocycles. The number of rotatable bonds is 6. The van der Waals surface area contributed by atoms with E-state index in [1.54, 1.807) is 0 Å². The minimum Gasteiger partial charge on any atom is -0.339 e. The Morgan fingerprint density at radius 3 is 3.06 bits per heavy atom. The molecule has 2 heterocycles. The molecule has 1 N–H and O–H groups in total. The summed E-state index contributed by atoms with van der Waals surface area (Å²) >= 11 is 0. The van der Waals surface area contributed by atoms with Crippen molar-refractivity contribution < 1.29 is 4.52 Å². The van der Waals surface area contributed by atoms with Crippen LogP contribution >= 0.6 is 0 Å². The van der Waals surface area contributed by atoms with Crippen molar-refractivity contribution in [3.05, 3.63) is 29.9 Å². The summed E-state index contributed by atoms with van der Waals surface area (Å²) < 4.78 is 7.14. The number of imidazole rings is 1. The zero-order chi connectivity index (χ0) is 12.1. The summed E-state index contributed by atoms with van der Waals surface area (Å²) in [7, 11) is 0. The number of hydrogen-bond acceptors (Lipinski definition) is 5. The summed E-state index contributed by atoms with van der Waals surface area (Å²) in [5.41, 5.74) is 1.19. The molecule has 2 aromatic rings. The molecule has 0 atom stereocenters. The van der Waals surface area contributed by atoms with E-state index < -0.39 is 0 Å². The second-order valence-corrected chi connectivity index (χ2v) is 3.83. The minimum atomic E-state index is 0.680. The standard InChI is InChI=1S/C11H17N5O/c1-3-16-8-13-7-10(16)6-12-5-4-11-14-9(2)15-17-11/h7-8,12H,3-6H2,1-2H3. The van der Waals surface area contributed by atoms with Crippen LogP contribution < -0.4 is 5.32 Å². The van der Waals surface area contributed by atoms with Crippen LogP contribution in [-0.4, -0.2) is 26.2 Å². The Hall–Kier alpha value is -1.69. The fraction of sp³-hybridized carbons (Fsp3) is 0.545. The first kappa shape index (κ1) is 11.8. The lowest BCUT2D eigenvalue weighted by Gasteiger charge is -2.05. The van der Waals surface area contributed by atoms with E-state index in [4.69, 9.17) is 4.52 Å². The number of aromatic nitrogens is 4. The molecule has 0 aliphatic heterocycles.